The minimum absolute atomic E-state index is 0.116. The summed E-state index contributed by atoms with van der Waals surface area (Å²) < 4.78 is 43.6. The fourth-order valence-electron chi connectivity index (χ4n) is 3.81. The molecule has 0 spiro atoms. The molecule has 0 amide bonds. The summed E-state index contributed by atoms with van der Waals surface area (Å²) in [5.74, 6) is 0.704. The largest absolute Gasteiger partial charge is 0.507 e. The maximum absolute atomic E-state index is 12.9. The first kappa shape index (κ1) is 25.0. The van der Waals surface area contributed by atoms with Crippen molar-refractivity contribution in [2.45, 2.75) is 57.5 Å². The van der Waals surface area contributed by atoms with E-state index in [1.54, 1.807) is 0 Å². The van der Waals surface area contributed by atoms with Gasteiger partial charge in [-0.1, -0.05) is 32.9 Å². The van der Waals surface area contributed by atoms with Gasteiger partial charge in [-0.05, 0) is 65.8 Å². The summed E-state index contributed by atoms with van der Waals surface area (Å²) in [6.07, 6.45) is -1.68. The summed E-state index contributed by atoms with van der Waals surface area (Å²) in [5.41, 5.74) is 2.84. The van der Waals surface area contributed by atoms with Crippen LogP contribution in [-0.4, -0.2) is 10.9 Å². The Kier molecular flexibility index (Phi) is 7.95. The highest BCUT2D eigenvalue weighted by molar-refractivity contribution is 7.99. The highest BCUT2D eigenvalue weighted by Crippen LogP contribution is 2.35. The van der Waals surface area contributed by atoms with Crippen LogP contribution in [0.2, 0.25) is 0 Å². The summed E-state index contributed by atoms with van der Waals surface area (Å²) in [7, 11) is 0. The Morgan fingerprint density at radius 3 is 2.00 bits per heavy atom. The second-order valence-electron chi connectivity index (χ2n) is 7.73. The molecule has 0 atom stereocenters. The van der Waals surface area contributed by atoms with Crippen LogP contribution in [0.25, 0.3) is 11.1 Å². The molecule has 0 aliphatic heterocycles. The summed E-state index contributed by atoms with van der Waals surface area (Å²) in [5, 5.41) is 10.7. The topological polar surface area (TPSA) is 50.4 Å². The minimum Gasteiger partial charge on any atom is -0.507 e. The molecule has 1 aromatic heterocycles. The van der Waals surface area contributed by atoms with E-state index in [0.717, 1.165) is 48.1 Å². The quantitative estimate of drug-likeness (QED) is 0.354. The smallest absolute Gasteiger partial charge is 0.416 e. The molecule has 0 saturated heterocycles. The summed E-state index contributed by atoms with van der Waals surface area (Å²) in [6, 6.07) is 10.5. The number of aromatic hydroxyl groups is 1. The van der Waals surface area contributed by atoms with Gasteiger partial charge in [-0.2, -0.15) is 13.2 Å². The van der Waals surface area contributed by atoms with Crippen molar-refractivity contribution in [2.24, 2.45) is 0 Å². The lowest BCUT2D eigenvalue weighted by molar-refractivity contribution is -0.137. The molecule has 1 heterocycles. The molecular formula is C26H27F3O3S. The van der Waals surface area contributed by atoms with E-state index in [-0.39, 0.29) is 11.3 Å². The first-order chi connectivity index (χ1) is 15.7. The molecule has 0 aliphatic rings. The third-order valence-electron chi connectivity index (χ3n) is 5.56. The predicted octanol–water partition coefficient (Wildman–Crippen LogP) is 7.05. The molecule has 0 fully saturated rings. The van der Waals surface area contributed by atoms with Gasteiger partial charge in [0, 0.05) is 23.1 Å². The van der Waals surface area contributed by atoms with Crippen molar-refractivity contribution in [2.75, 3.05) is 5.75 Å². The molecule has 33 heavy (non-hydrogen) atoms. The average Bonchev–Trinajstić information content (AvgIpc) is 2.78. The van der Waals surface area contributed by atoms with Crippen LogP contribution in [0, 0.1) is 0 Å². The molecule has 3 nitrogen and oxygen atoms in total. The molecule has 0 bridgehead atoms. The van der Waals surface area contributed by atoms with Gasteiger partial charge in [0.25, 0.3) is 0 Å². The second-order valence-corrected chi connectivity index (χ2v) is 8.90. The van der Waals surface area contributed by atoms with Crippen molar-refractivity contribution in [1.29, 1.82) is 0 Å². The van der Waals surface area contributed by atoms with Gasteiger partial charge in [-0.3, -0.25) is 0 Å². The van der Waals surface area contributed by atoms with Crippen molar-refractivity contribution in [3.8, 4) is 16.9 Å². The average molecular weight is 477 g/mol. The summed E-state index contributed by atoms with van der Waals surface area (Å²) in [4.78, 5) is 13.6. The Morgan fingerprint density at radius 1 is 0.909 bits per heavy atom. The van der Waals surface area contributed by atoms with Crippen LogP contribution >= 0.6 is 11.8 Å². The Hall–Kier alpha value is -2.67. The Balaban J connectivity index is 1.81. The lowest BCUT2D eigenvalue weighted by Gasteiger charge is -2.16. The zero-order valence-electron chi connectivity index (χ0n) is 18.9. The maximum Gasteiger partial charge on any atom is 0.416 e. The van der Waals surface area contributed by atoms with E-state index in [0.29, 0.717) is 22.8 Å². The SMILES string of the molecule is CCc1cc(CC)c(-c2c(O)cc(CCSc3ccc(C(F)(F)F)cc3)oc2=O)c(CC)c1. The Bertz CT molecular complexity index is 1140. The van der Waals surface area contributed by atoms with Crippen LogP contribution in [-0.2, 0) is 31.9 Å². The van der Waals surface area contributed by atoms with Crippen molar-refractivity contribution in [1.82, 2.24) is 0 Å². The first-order valence-electron chi connectivity index (χ1n) is 11.0. The lowest BCUT2D eigenvalue weighted by Crippen LogP contribution is -2.09. The molecule has 0 aliphatic carbocycles. The lowest BCUT2D eigenvalue weighted by atomic mass is 9.89. The molecule has 3 aromatic rings. The number of aryl methyl sites for hydroxylation is 4. The van der Waals surface area contributed by atoms with Gasteiger partial charge < -0.3 is 9.52 Å². The molecule has 0 unspecified atom stereocenters. The predicted molar refractivity (Wildman–Crippen MR) is 126 cm³/mol. The molecule has 176 valence electrons. The van der Waals surface area contributed by atoms with Crippen LogP contribution in [0.5, 0.6) is 5.75 Å². The van der Waals surface area contributed by atoms with E-state index in [4.69, 9.17) is 4.42 Å². The fourth-order valence-corrected chi connectivity index (χ4v) is 4.68. The third-order valence-corrected chi connectivity index (χ3v) is 6.58. The number of alkyl halides is 3. The van der Waals surface area contributed by atoms with Gasteiger partial charge in [-0.15, -0.1) is 11.8 Å². The number of benzene rings is 2. The zero-order chi connectivity index (χ0) is 24.2. The summed E-state index contributed by atoms with van der Waals surface area (Å²) in [6.45, 7) is 6.11. The standard InChI is InChI=1S/C26H27F3O3S/c1-4-16-13-17(5-2)23(18(6-3)14-16)24-22(30)15-20(32-25(24)31)11-12-33-21-9-7-19(8-10-21)26(27,28)29/h7-10,13-15,30H,4-6,11-12H2,1-3H3. The summed E-state index contributed by atoms with van der Waals surface area (Å²) >= 11 is 1.35. The first-order valence-corrected chi connectivity index (χ1v) is 12.0. The number of thioether (sulfide) groups is 1. The van der Waals surface area contributed by atoms with Gasteiger partial charge in [0.05, 0.1) is 5.56 Å². The molecule has 1 N–H and O–H groups in total. The second kappa shape index (κ2) is 10.5. The van der Waals surface area contributed by atoms with Crippen molar-refractivity contribution in [3.05, 3.63) is 80.9 Å². The highest BCUT2D eigenvalue weighted by Gasteiger charge is 2.30. The number of hydrogen-bond acceptors (Lipinski definition) is 4. The van der Waals surface area contributed by atoms with Gasteiger partial charge in [-0.25, -0.2) is 4.79 Å². The maximum atomic E-state index is 12.9. The van der Waals surface area contributed by atoms with Gasteiger partial charge in [0.1, 0.15) is 17.1 Å². The van der Waals surface area contributed by atoms with Crippen LogP contribution < -0.4 is 5.63 Å². The molecular weight excluding hydrogens is 449 g/mol. The number of hydrogen-bond donors (Lipinski definition) is 1. The highest BCUT2D eigenvalue weighted by atomic mass is 32.2. The number of rotatable bonds is 8. The Labute approximate surface area is 195 Å². The zero-order valence-corrected chi connectivity index (χ0v) is 19.7. The van der Waals surface area contributed by atoms with Crippen molar-refractivity contribution in [3.63, 3.8) is 0 Å². The Morgan fingerprint density at radius 2 is 1.52 bits per heavy atom. The van der Waals surface area contributed by atoms with Crippen LogP contribution in [0.15, 0.2) is 56.6 Å². The molecule has 0 saturated carbocycles. The van der Waals surface area contributed by atoms with E-state index in [9.17, 15) is 23.1 Å². The molecule has 3 rings (SSSR count). The van der Waals surface area contributed by atoms with E-state index in [1.807, 2.05) is 13.8 Å². The molecule has 2 aromatic carbocycles. The van der Waals surface area contributed by atoms with Gasteiger partial charge in [0.2, 0.25) is 0 Å². The van der Waals surface area contributed by atoms with Crippen LogP contribution in [0.1, 0.15) is 48.8 Å². The van der Waals surface area contributed by atoms with Crippen LogP contribution in [0.4, 0.5) is 13.2 Å². The van der Waals surface area contributed by atoms with Gasteiger partial charge in [0.15, 0.2) is 0 Å². The van der Waals surface area contributed by atoms with E-state index >= 15 is 0 Å². The molecule has 0 radical (unpaired) electrons. The van der Waals surface area contributed by atoms with E-state index < -0.39 is 17.4 Å². The van der Waals surface area contributed by atoms with Gasteiger partial charge >= 0.3 is 11.8 Å². The third kappa shape index (κ3) is 5.82. The van der Waals surface area contributed by atoms with E-state index in [1.165, 1.54) is 35.5 Å². The monoisotopic (exact) mass is 476 g/mol. The number of halogens is 3. The van der Waals surface area contributed by atoms with Crippen molar-refractivity contribution >= 4 is 11.8 Å². The normalized spacial score (nSPS) is 11.7. The van der Waals surface area contributed by atoms with Crippen LogP contribution in [0.3, 0.4) is 0 Å². The van der Waals surface area contributed by atoms with E-state index in [2.05, 4.69) is 19.1 Å². The van der Waals surface area contributed by atoms with Crippen molar-refractivity contribution < 1.29 is 22.7 Å². The molecule has 7 heteroatoms. The fraction of sp³-hybridized carbons (Fsp3) is 0.346. The minimum atomic E-state index is -4.36.